The van der Waals surface area contributed by atoms with Gasteiger partial charge in [-0.25, -0.2) is 4.39 Å². The molecule has 1 heterocycles. The summed E-state index contributed by atoms with van der Waals surface area (Å²) >= 11 is 0. The highest BCUT2D eigenvalue weighted by Crippen LogP contribution is 2.10. The quantitative estimate of drug-likeness (QED) is 0.640. The van der Waals surface area contributed by atoms with Crippen molar-refractivity contribution in [1.29, 1.82) is 0 Å². The van der Waals surface area contributed by atoms with Gasteiger partial charge in [-0.05, 0) is 30.3 Å². The minimum absolute atomic E-state index is 0.200. The third-order valence-corrected chi connectivity index (χ3v) is 2.96. The van der Waals surface area contributed by atoms with Crippen LogP contribution in [-0.4, -0.2) is 36.5 Å². The van der Waals surface area contributed by atoms with E-state index in [9.17, 15) is 18.8 Å². The highest BCUT2D eigenvalue weighted by atomic mass is 19.1. The van der Waals surface area contributed by atoms with Crippen LogP contribution in [0.25, 0.3) is 0 Å². The predicted molar refractivity (Wildman–Crippen MR) is 84.3 cm³/mol. The van der Waals surface area contributed by atoms with Crippen molar-refractivity contribution in [2.75, 3.05) is 19.7 Å². The molecule has 24 heavy (non-hydrogen) atoms. The van der Waals surface area contributed by atoms with Crippen LogP contribution in [0.1, 0.15) is 10.4 Å². The standard InChI is InChI=1S/C16H16FN3O4/c17-12-2-4-13(5-3-12)24-8-7-18-15(22)10-20-16(23)11-1-6-14(21)19-9-11/h1-6,9H,7-8,10H2,(H,18,22)(H,19,21)(H,20,23). The SMILES string of the molecule is O=C(CNC(=O)c1ccc(=O)[nH]c1)NCCOc1ccc(F)cc1. The molecule has 2 rings (SSSR count). The summed E-state index contributed by atoms with van der Waals surface area (Å²) in [6, 6.07) is 8.12. The number of aromatic amines is 1. The van der Waals surface area contributed by atoms with Crippen molar-refractivity contribution < 1.29 is 18.7 Å². The van der Waals surface area contributed by atoms with E-state index in [0.29, 0.717) is 5.75 Å². The van der Waals surface area contributed by atoms with Crippen LogP contribution >= 0.6 is 0 Å². The molecule has 0 spiro atoms. The maximum absolute atomic E-state index is 12.7. The van der Waals surface area contributed by atoms with Gasteiger partial charge in [0, 0.05) is 12.3 Å². The van der Waals surface area contributed by atoms with Crippen molar-refractivity contribution >= 4 is 11.8 Å². The van der Waals surface area contributed by atoms with Crippen LogP contribution in [0.3, 0.4) is 0 Å². The Bertz CT molecular complexity index is 738. The maximum atomic E-state index is 12.7. The number of H-pyrrole nitrogens is 1. The molecular formula is C16H16FN3O4. The monoisotopic (exact) mass is 333 g/mol. The Balaban J connectivity index is 1.64. The predicted octanol–water partition coefficient (Wildman–Crippen LogP) is 0.439. The fraction of sp³-hybridized carbons (Fsp3) is 0.188. The lowest BCUT2D eigenvalue weighted by atomic mass is 10.2. The van der Waals surface area contributed by atoms with Gasteiger partial charge in [0.1, 0.15) is 18.2 Å². The van der Waals surface area contributed by atoms with E-state index in [4.69, 9.17) is 4.74 Å². The van der Waals surface area contributed by atoms with Gasteiger partial charge in [-0.2, -0.15) is 0 Å². The number of aromatic nitrogens is 1. The minimum atomic E-state index is -0.469. The Morgan fingerprint density at radius 3 is 2.50 bits per heavy atom. The second-order valence-electron chi connectivity index (χ2n) is 4.78. The van der Waals surface area contributed by atoms with Gasteiger partial charge in [0.05, 0.1) is 18.7 Å². The molecule has 0 unspecified atom stereocenters. The van der Waals surface area contributed by atoms with Crippen LogP contribution in [0.5, 0.6) is 5.75 Å². The molecule has 0 aliphatic rings. The molecule has 7 nitrogen and oxygen atoms in total. The summed E-state index contributed by atoms with van der Waals surface area (Å²) in [4.78, 5) is 36.6. The molecule has 3 N–H and O–H groups in total. The number of nitrogens with one attached hydrogen (secondary N) is 3. The summed E-state index contributed by atoms with van der Waals surface area (Å²) in [5, 5.41) is 5.00. The zero-order valence-electron chi connectivity index (χ0n) is 12.7. The Kier molecular flexibility index (Phi) is 6.07. The molecule has 1 aromatic heterocycles. The molecular weight excluding hydrogens is 317 g/mol. The van der Waals surface area contributed by atoms with Gasteiger partial charge in [0.2, 0.25) is 11.5 Å². The number of amides is 2. The summed E-state index contributed by atoms with van der Waals surface area (Å²) in [7, 11) is 0. The number of ether oxygens (including phenoxy) is 1. The van der Waals surface area contributed by atoms with Gasteiger partial charge >= 0.3 is 0 Å². The number of halogens is 1. The Labute approximate surface area is 136 Å². The van der Waals surface area contributed by atoms with E-state index < -0.39 is 5.91 Å². The summed E-state index contributed by atoms with van der Waals surface area (Å²) in [5.41, 5.74) is -0.0625. The molecule has 0 aliphatic heterocycles. The van der Waals surface area contributed by atoms with E-state index in [1.165, 1.54) is 42.6 Å². The lowest BCUT2D eigenvalue weighted by Gasteiger charge is -2.08. The highest BCUT2D eigenvalue weighted by Gasteiger charge is 2.07. The number of carbonyl (C=O) groups excluding carboxylic acids is 2. The number of benzene rings is 1. The number of rotatable bonds is 7. The molecule has 2 aromatic rings. The Morgan fingerprint density at radius 2 is 1.83 bits per heavy atom. The van der Waals surface area contributed by atoms with E-state index in [0.717, 1.165) is 0 Å². The lowest BCUT2D eigenvalue weighted by Crippen LogP contribution is -2.38. The van der Waals surface area contributed by atoms with Crippen LogP contribution in [0.2, 0.25) is 0 Å². The van der Waals surface area contributed by atoms with E-state index in [1.807, 2.05) is 0 Å². The van der Waals surface area contributed by atoms with E-state index in [2.05, 4.69) is 15.6 Å². The number of carbonyl (C=O) groups is 2. The van der Waals surface area contributed by atoms with E-state index >= 15 is 0 Å². The third kappa shape index (κ3) is 5.56. The molecule has 1 aromatic carbocycles. The number of hydrogen-bond acceptors (Lipinski definition) is 4. The average molecular weight is 333 g/mol. The maximum Gasteiger partial charge on any atom is 0.253 e. The van der Waals surface area contributed by atoms with Crippen LogP contribution < -0.4 is 20.9 Å². The number of pyridine rings is 1. The third-order valence-electron chi connectivity index (χ3n) is 2.96. The molecule has 2 amide bonds. The molecule has 0 aliphatic carbocycles. The zero-order chi connectivity index (χ0) is 17.4. The molecule has 0 fully saturated rings. The largest absolute Gasteiger partial charge is 0.492 e. The molecule has 126 valence electrons. The van der Waals surface area contributed by atoms with Gasteiger partial charge in [-0.15, -0.1) is 0 Å². The van der Waals surface area contributed by atoms with Crippen molar-refractivity contribution in [2.24, 2.45) is 0 Å². The van der Waals surface area contributed by atoms with Gasteiger partial charge in [-0.3, -0.25) is 14.4 Å². The normalized spacial score (nSPS) is 10.0. The first kappa shape index (κ1) is 17.2. The van der Waals surface area contributed by atoms with Crippen molar-refractivity contribution in [3.05, 3.63) is 64.3 Å². The molecule has 0 atom stereocenters. The lowest BCUT2D eigenvalue weighted by molar-refractivity contribution is -0.120. The van der Waals surface area contributed by atoms with E-state index in [-0.39, 0.29) is 42.5 Å². The van der Waals surface area contributed by atoms with Crippen LogP contribution in [0, 0.1) is 5.82 Å². The van der Waals surface area contributed by atoms with Crippen molar-refractivity contribution in [2.45, 2.75) is 0 Å². The summed E-state index contributed by atoms with van der Waals surface area (Å²) in [6.45, 7) is 0.254. The first-order valence-corrected chi connectivity index (χ1v) is 7.16. The van der Waals surface area contributed by atoms with Crippen LogP contribution in [0.15, 0.2) is 47.4 Å². The first-order valence-electron chi connectivity index (χ1n) is 7.16. The topological polar surface area (TPSA) is 100 Å². The molecule has 0 bridgehead atoms. The summed E-state index contributed by atoms with van der Waals surface area (Å²) in [5.74, 6) is -0.703. The van der Waals surface area contributed by atoms with Crippen molar-refractivity contribution in [3.8, 4) is 5.75 Å². The van der Waals surface area contributed by atoms with Gasteiger partial charge in [0.25, 0.3) is 5.91 Å². The molecule has 0 saturated carbocycles. The average Bonchev–Trinajstić information content (AvgIpc) is 2.59. The fourth-order valence-corrected chi connectivity index (χ4v) is 1.77. The first-order chi connectivity index (χ1) is 11.5. The fourth-order valence-electron chi connectivity index (χ4n) is 1.77. The Morgan fingerprint density at radius 1 is 1.08 bits per heavy atom. The molecule has 0 saturated heterocycles. The summed E-state index contributed by atoms with van der Waals surface area (Å²) < 4.78 is 18.0. The second-order valence-corrected chi connectivity index (χ2v) is 4.78. The van der Waals surface area contributed by atoms with Crippen molar-refractivity contribution in [3.63, 3.8) is 0 Å². The second kappa shape index (κ2) is 8.47. The molecule has 8 heteroatoms. The summed E-state index contributed by atoms with van der Waals surface area (Å²) in [6.07, 6.45) is 1.27. The smallest absolute Gasteiger partial charge is 0.253 e. The van der Waals surface area contributed by atoms with Crippen LogP contribution in [0.4, 0.5) is 4.39 Å². The molecule has 0 radical (unpaired) electrons. The van der Waals surface area contributed by atoms with Gasteiger partial charge in [-0.1, -0.05) is 0 Å². The zero-order valence-corrected chi connectivity index (χ0v) is 12.7. The van der Waals surface area contributed by atoms with Gasteiger partial charge < -0.3 is 20.4 Å². The van der Waals surface area contributed by atoms with Gasteiger partial charge in [0.15, 0.2) is 0 Å². The van der Waals surface area contributed by atoms with E-state index in [1.54, 1.807) is 0 Å². The number of hydrogen-bond donors (Lipinski definition) is 3. The van der Waals surface area contributed by atoms with Crippen LogP contribution in [-0.2, 0) is 4.79 Å². The van der Waals surface area contributed by atoms with Crippen molar-refractivity contribution in [1.82, 2.24) is 15.6 Å². The minimum Gasteiger partial charge on any atom is -0.492 e. The highest BCUT2D eigenvalue weighted by molar-refractivity contribution is 5.96. The Hall–Kier alpha value is -3.16.